The van der Waals surface area contributed by atoms with Gasteiger partial charge in [0.15, 0.2) is 0 Å². The molecular weight excluding hydrogens is 250 g/mol. The molecule has 0 radical (unpaired) electrons. The average Bonchev–Trinajstić information content (AvgIpc) is 2.98. The van der Waals surface area contributed by atoms with Crippen LogP contribution in [0.4, 0.5) is 11.9 Å². The van der Waals surface area contributed by atoms with Crippen LogP contribution in [-0.2, 0) is 0 Å². The normalized spacial score (nSPS) is 15.1. The third kappa shape index (κ3) is 2.13. The fraction of sp³-hybridized carbons (Fsp3) is 0.467. The molecule has 2 aromatic rings. The summed E-state index contributed by atoms with van der Waals surface area (Å²) in [6, 6.07) is 4.30. The topological polar surface area (TPSA) is 60.0 Å². The van der Waals surface area contributed by atoms with Gasteiger partial charge in [0.05, 0.1) is 5.69 Å². The molecule has 3 rings (SSSR count). The Morgan fingerprint density at radius 1 is 1.05 bits per heavy atom. The van der Waals surface area contributed by atoms with E-state index in [-0.39, 0.29) is 0 Å². The highest BCUT2D eigenvalue weighted by Crippen LogP contribution is 2.25. The molecule has 106 valence electrons. The van der Waals surface area contributed by atoms with Crippen LogP contribution in [0, 0.1) is 20.8 Å². The fourth-order valence-corrected chi connectivity index (χ4v) is 3.03. The van der Waals surface area contributed by atoms with Crippen LogP contribution in [0.2, 0.25) is 0 Å². The number of aryl methyl sites for hydroxylation is 3. The Kier molecular flexibility index (Phi) is 3.12. The number of hydrogen-bond acceptors (Lipinski definition) is 4. The Morgan fingerprint density at radius 3 is 2.25 bits per heavy atom. The molecule has 2 heterocycles. The first kappa shape index (κ1) is 13.0. The largest absolute Gasteiger partial charge is 0.368 e. The van der Waals surface area contributed by atoms with Crippen LogP contribution >= 0.6 is 0 Å². The molecule has 1 aromatic carbocycles. The van der Waals surface area contributed by atoms with Crippen LogP contribution in [-0.4, -0.2) is 27.9 Å². The van der Waals surface area contributed by atoms with Gasteiger partial charge in [0.2, 0.25) is 11.9 Å². The predicted molar refractivity (Wildman–Crippen MR) is 81.4 cm³/mol. The van der Waals surface area contributed by atoms with E-state index in [4.69, 9.17) is 5.73 Å². The maximum absolute atomic E-state index is 6.08. The predicted octanol–water partition coefficient (Wildman–Crippen LogP) is 2.37. The summed E-state index contributed by atoms with van der Waals surface area (Å²) in [7, 11) is 0. The molecule has 1 aliphatic rings. The number of rotatable bonds is 2. The summed E-state index contributed by atoms with van der Waals surface area (Å²) in [5.41, 5.74) is 10.7. The van der Waals surface area contributed by atoms with Crippen molar-refractivity contribution >= 4 is 11.9 Å². The second kappa shape index (κ2) is 4.81. The number of anilines is 2. The lowest BCUT2D eigenvalue weighted by atomic mass is 10.1. The molecular formula is C15H21N5. The zero-order chi connectivity index (χ0) is 14.3. The molecule has 0 bridgehead atoms. The van der Waals surface area contributed by atoms with Gasteiger partial charge in [-0.25, -0.2) is 0 Å². The molecule has 2 N–H and O–H groups in total. The second-order valence-electron chi connectivity index (χ2n) is 5.62. The van der Waals surface area contributed by atoms with E-state index in [1.165, 1.54) is 29.5 Å². The van der Waals surface area contributed by atoms with Crippen molar-refractivity contribution in [2.24, 2.45) is 0 Å². The van der Waals surface area contributed by atoms with Gasteiger partial charge < -0.3 is 10.6 Å². The van der Waals surface area contributed by atoms with Crippen molar-refractivity contribution in [1.29, 1.82) is 0 Å². The molecule has 0 spiro atoms. The highest BCUT2D eigenvalue weighted by Gasteiger charge is 2.20. The Labute approximate surface area is 119 Å². The van der Waals surface area contributed by atoms with Gasteiger partial charge >= 0.3 is 0 Å². The van der Waals surface area contributed by atoms with E-state index in [1.807, 2.05) is 0 Å². The third-order valence-electron chi connectivity index (χ3n) is 3.86. The Balaban J connectivity index is 2.06. The van der Waals surface area contributed by atoms with Crippen molar-refractivity contribution in [2.45, 2.75) is 33.6 Å². The van der Waals surface area contributed by atoms with Crippen LogP contribution in [0.15, 0.2) is 12.1 Å². The van der Waals surface area contributed by atoms with Crippen LogP contribution in [0.1, 0.15) is 29.5 Å². The fourth-order valence-electron chi connectivity index (χ4n) is 3.03. The van der Waals surface area contributed by atoms with Crippen molar-refractivity contribution in [2.75, 3.05) is 23.7 Å². The molecule has 5 heteroatoms. The zero-order valence-electron chi connectivity index (χ0n) is 12.3. The van der Waals surface area contributed by atoms with E-state index in [0.29, 0.717) is 5.95 Å². The van der Waals surface area contributed by atoms with E-state index in [2.05, 4.69) is 47.9 Å². The van der Waals surface area contributed by atoms with E-state index < -0.39 is 0 Å². The number of nitrogens with zero attached hydrogens (tertiary/aromatic N) is 4. The molecule has 5 nitrogen and oxygen atoms in total. The zero-order valence-corrected chi connectivity index (χ0v) is 12.3. The molecule has 1 saturated heterocycles. The summed E-state index contributed by atoms with van der Waals surface area (Å²) in [6.07, 6.45) is 2.41. The molecule has 1 fully saturated rings. The van der Waals surface area contributed by atoms with Gasteiger partial charge in [-0.15, -0.1) is 5.10 Å². The molecule has 1 aliphatic heterocycles. The SMILES string of the molecule is Cc1cc(C)c(-n2nc(N3CCCC3)nc2N)c(C)c1. The first-order valence-electron chi connectivity index (χ1n) is 7.12. The summed E-state index contributed by atoms with van der Waals surface area (Å²) in [5, 5.41) is 4.62. The van der Waals surface area contributed by atoms with Gasteiger partial charge in [-0.1, -0.05) is 17.7 Å². The smallest absolute Gasteiger partial charge is 0.246 e. The second-order valence-corrected chi connectivity index (χ2v) is 5.62. The summed E-state index contributed by atoms with van der Waals surface area (Å²) in [4.78, 5) is 6.63. The van der Waals surface area contributed by atoms with Crippen molar-refractivity contribution in [3.05, 3.63) is 28.8 Å². The lowest BCUT2D eigenvalue weighted by Gasteiger charge is -2.13. The van der Waals surface area contributed by atoms with Gasteiger partial charge in [0, 0.05) is 13.1 Å². The Bertz CT molecular complexity index is 615. The third-order valence-corrected chi connectivity index (χ3v) is 3.86. The van der Waals surface area contributed by atoms with Gasteiger partial charge in [-0.3, -0.25) is 0 Å². The Hall–Kier alpha value is -2.04. The van der Waals surface area contributed by atoms with Gasteiger partial charge in [-0.05, 0) is 44.7 Å². The standard InChI is InChI=1S/C15H21N5/c1-10-8-11(2)13(12(3)9-10)20-14(16)17-15(18-20)19-6-4-5-7-19/h8-9H,4-7H2,1-3H3,(H2,16,17,18). The van der Waals surface area contributed by atoms with Gasteiger partial charge in [-0.2, -0.15) is 9.67 Å². The van der Waals surface area contributed by atoms with Crippen LogP contribution in [0.3, 0.4) is 0 Å². The van der Waals surface area contributed by atoms with E-state index >= 15 is 0 Å². The molecule has 0 unspecified atom stereocenters. The van der Waals surface area contributed by atoms with Crippen molar-refractivity contribution < 1.29 is 0 Å². The molecule has 0 amide bonds. The first-order chi connectivity index (χ1) is 9.56. The van der Waals surface area contributed by atoms with Crippen molar-refractivity contribution in [3.8, 4) is 5.69 Å². The van der Waals surface area contributed by atoms with E-state index in [1.54, 1.807) is 4.68 Å². The monoisotopic (exact) mass is 271 g/mol. The van der Waals surface area contributed by atoms with Gasteiger partial charge in [0.25, 0.3) is 0 Å². The number of nitrogens with two attached hydrogens (primary N) is 1. The summed E-state index contributed by atoms with van der Waals surface area (Å²) in [6.45, 7) is 8.33. The van der Waals surface area contributed by atoms with Crippen LogP contribution in [0.25, 0.3) is 5.69 Å². The average molecular weight is 271 g/mol. The molecule has 0 saturated carbocycles. The minimum atomic E-state index is 0.460. The Morgan fingerprint density at radius 2 is 1.65 bits per heavy atom. The number of benzene rings is 1. The quantitative estimate of drug-likeness (QED) is 0.911. The maximum atomic E-state index is 6.08. The summed E-state index contributed by atoms with van der Waals surface area (Å²) in [5.74, 6) is 1.21. The van der Waals surface area contributed by atoms with Crippen molar-refractivity contribution in [1.82, 2.24) is 14.8 Å². The minimum Gasteiger partial charge on any atom is -0.368 e. The number of aromatic nitrogens is 3. The number of nitrogen functional groups attached to an aromatic ring is 1. The highest BCUT2D eigenvalue weighted by molar-refractivity contribution is 5.53. The molecule has 1 aromatic heterocycles. The number of hydrogen-bond donors (Lipinski definition) is 1. The lowest BCUT2D eigenvalue weighted by Crippen LogP contribution is -2.19. The van der Waals surface area contributed by atoms with E-state index in [0.717, 1.165) is 24.7 Å². The maximum Gasteiger partial charge on any atom is 0.246 e. The van der Waals surface area contributed by atoms with Crippen LogP contribution in [0.5, 0.6) is 0 Å². The molecule has 20 heavy (non-hydrogen) atoms. The molecule has 0 aliphatic carbocycles. The summed E-state index contributed by atoms with van der Waals surface area (Å²) < 4.78 is 1.78. The molecule has 0 atom stereocenters. The van der Waals surface area contributed by atoms with E-state index in [9.17, 15) is 0 Å². The lowest BCUT2D eigenvalue weighted by molar-refractivity contribution is 0.838. The van der Waals surface area contributed by atoms with Gasteiger partial charge in [0.1, 0.15) is 0 Å². The minimum absolute atomic E-state index is 0.460. The van der Waals surface area contributed by atoms with Crippen LogP contribution < -0.4 is 10.6 Å². The van der Waals surface area contributed by atoms with Crippen molar-refractivity contribution in [3.63, 3.8) is 0 Å². The highest BCUT2D eigenvalue weighted by atomic mass is 15.5. The first-order valence-corrected chi connectivity index (χ1v) is 7.12. The summed E-state index contributed by atoms with van der Waals surface area (Å²) >= 11 is 0.